The Bertz CT molecular complexity index is 750. The van der Waals surface area contributed by atoms with Crippen molar-refractivity contribution in [3.63, 3.8) is 0 Å². The number of rotatable bonds is 2. The molecule has 1 heteroatoms. The summed E-state index contributed by atoms with van der Waals surface area (Å²) in [6.45, 7) is 0.305. The first kappa shape index (κ1) is 10.7. The molecule has 3 rings (SSSR count). The van der Waals surface area contributed by atoms with Gasteiger partial charge in [-0.25, -0.2) is 0 Å². The average Bonchev–Trinajstić information content (AvgIpc) is 2.42. The second kappa shape index (κ2) is 4.43. The van der Waals surface area contributed by atoms with Gasteiger partial charge in [0.25, 0.3) is 0 Å². The lowest BCUT2D eigenvalue weighted by atomic mass is 10.0. The smallest absolute Gasteiger partial charge is 0.148 e. The molecule has 3 aromatic carbocycles. The van der Waals surface area contributed by atoms with Crippen LogP contribution in [0.4, 0.5) is 0 Å². The third-order valence-corrected chi connectivity index (χ3v) is 3.00. The molecule has 0 aliphatic rings. The first-order valence-corrected chi connectivity index (χ1v) is 5.86. The maximum Gasteiger partial charge on any atom is 0.148 e. The van der Waals surface area contributed by atoms with Crippen LogP contribution in [0, 0.1) is 12.3 Å². The van der Waals surface area contributed by atoms with Crippen molar-refractivity contribution in [3.05, 3.63) is 54.6 Å². The highest BCUT2D eigenvalue weighted by molar-refractivity contribution is 5.98. The minimum Gasteiger partial charge on any atom is -0.481 e. The zero-order valence-corrected chi connectivity index (χ0v) is 9.89. The van der Waals surface area contributed by atoms with Gasteiger partial charge >= 0.3 is 0 Å². The minimum atomic E-state index is 0.305. The number of ether oxygens (including phenoxy) is 1. The summed E-state index contributed by atoms with van der Waals surface area (Å²) in [5.41, 5.74) is 0. The monoisotopic (exact) mass is 232 g/mol. The van der Waals surface area contributed by atoms with Crippen LogP contribution >= 0.6 is 0 Å². The van der Waals surface area contributed by atoms with E-state index in [0.29, 0.717) is 6.61 Å². The number of fused-ring (bicyclic) bond motifs is 2. The lowest BCUT2D eigenvalue weighted by Gasteiger charge is -2.06. The molecule has 0 amide bonds. The Morgan fingerprint density at radius 2 is 1.50 bits per heavy atom. The topological polar surface area (TPSA) is 9.23 Å². The first-order valence-electron chi connectivity index (χ1n) is 5.86. The predicted octanol–water partition coefficient (Wildman–Crippen LogP) is 4.01. The molecule has 86 valence electrons. The molecular formula is C17H12O. The van der Waals surface area contributed by atoms with E-state index in [1.807, 2.05) is 18.2 Å². The van der Waals surface area contributed by atoms with Gasteiger partial charge in [0.2, 0.25) is 0 Å². The van der Waals surface area contributed by atoms with Crippen LogP contribution in [0.2, 0.25) is 0 Å². The normalized spacial score (nSPS) is 10.4. The Labute approximate surface area is 106 Å². The SMILES string of the molecule is C#CCOc1ccc2cc3ccccc3cc2c1. The van der Waals surface area contributed by atoms with Crippen molar-refractivity contribution in [2.75, 3.05) is 6.61 Å². The van der Waals surface area contributed by atoms with Crippen LogP contribution < -0.4 is 4.74 Å². The van der Waals surface area contributed by atoms with Gasteiger partial charge in [-0.15, -0.1) is 6.42 Å². The molecular weight excluding hydrogens is 220 g/mol. The zero-order valence-electron chi connectivity index (χ0n) is 9.89. The summed E-state index contributed by atoms with van der Waals surface area (Å²) in [6, 6.07) is 18.7. The lowest BCUT2D eigenvalue weighted by molar-refractivity contribution is 0.371. The fourth-order valence-electron chi connectivity index (χ4n) is 2.13. The number of terminal acetylenes is 1. The summed E-state index contributed by atoms with van der Waals surface area (Å²) in [5.74, 6) is 3.29. The Balaban J connectivity index is 2.15. The third kappa shape index (κ3) is 1.89. The molecule has 0 spiro atoms. The molecule has 3 aromatic rings. The van der Waals surface area contributed by atoms with Gasteiger partial charge in [-0.1, -0.05) is 36.3 Å². The average molecular weight is 232 g/mol. The van der Waals surface area contributed by atoms with Crippen molar-refractivity contribution in [3.8, 4) is 18.1 Å². The van der Waals surface area contributed by atoms with E-state index in [1.165, 1.54) is 21.5 Å². The van der Waals surface area contributed by atoms with E-state index in [0.717, 1.165) is 5.75 Å². The summed E-state index contributed by atoms with van der Waals surface area (Å²) in [4.78, 5) is 0. The zero-order chi connectivity index (χ0) is 12.4. The van der Waals surface area contributed by atoms with Crippen LogP contribution in [0.1, 0.15) is 0 Å². The summed E-state index contributed by atoms with van der Waals surface area (Å²) < 4.78 is 5.44. The quantitative estimate of drug-likeness (QED) is 0.479. The van der Waals surface area contributed by atoms with E-state index < -0.39 is 0 Å². The summed E-state index contributed by atoms with van der Waals surface area (Å²) in [5, 5.41) is 4.87. The number of hydrogen-bond acceptors (Lipinski definition) is 1. The van der Waals surface area contributed by atoms with Gasteiger partial charge < -0.3 is 4.74 Å². The minimum absolute atomic E-state index is 0.305. The first-order chi connectivity index (χ1) is 8.86. The van der Waals surface area contributed by atoms with Crippen molar-refractivity contribution < 1.29 is 4.74 Å². The fourth-order valence-corrected chi connectivity index (χ4v) is 2.13. The Kier molecular flexibility index (Phi) is 2.63. The van der Waals surface area contributed by atoms with Crippen molar-refractivity contribution in [2.45, 2.75) is 0 Å². The van der Waals surface area contributed by atoms with Crippen molar-refractivity contribution in [1.29, 1.82) is 0 Å². The van der Waals surface area contributed by atoms with E-state index in [4.69, 9.17) is 11.2 Å². The van der Waals surface area contributed by atoms with Crippen LogP contribution in [0.3, 0.4) is 0 Å². The standard InChI is InChI=1S/C17H12O/c1-2-9-18-17-8-7-15-10-13-5-3-4-6-14(13)11-16(15)12-17/h1,3-8,10-12H,9H2. The van der Waals surface area contributed by atoms with E-state index in [-0.39, 0.29) is 0 Å². The maximum absolute atomic E-state index is 5.44. The highest BCUT2D eigenvalue weighted by atomic mass is 16.5. The molecule has 0 N–H and O–H groups in total. The van der Waals surface area contributed by atoms with E-state index in [9.17, 15) is 0 Å². The molecule has 0 bridgehead atoms. The second-order valence-corrected chi connectivity index (χ2v) is 4.20. The van der Waals surface area contributed by atoms with Gasteiger partial charge in [0.1, 0.15) is 12.4 Å². The van der Waals surface area contributed by atoms with Gasteiger partial charge in [-0.3, -0.25) is 0 Å². The molecule has 18 heavy (non-hydrogen) atoms. The summed E-state index contributed by atoms with van der Waals surface area (Å²) in [7, 11) is 0. The predicted molar refractivity (Wildman–Crippen MR) is 75.8 cm³/mol. The molecule has 1 nitrogen and oxygen atoms in total. The summed E-state index contributed by atoms with van der Waals surface area (Å²) >= 11 is 0. The van der Waals surface area contributed by atoms with Gasteiger partial charge in [-0.2, -0.15) is 0 Å². The largest absolute Gasteiger partial charge is 0.481 e. The second-order valence-electron chi connectivity index (χ2n) is 4.20. The van der Waals surface area contributed by atoms with Crippen LogP contribution in [0.15, 0.2) is 54.6 Å². The van der Waals surface area contributed by atoms with Gasteiger partial charge in [0.05, 0.1) is 0 Å². The Morgan fingerprint density at radius 3 is 2.22 bits per heavy atom. The molecule has 0 aliphatic heterocycles. The van der Waals surface area contributed by atoms with Crippen molar-refractivity contribution in [2.24, 2.45) is 0 Å². The van der Waals surface area contributed by atoms with Gasteiger partial charge in [0, 0.05) is 0 Å². The molecule has 0 saturated carbocycles. The molecule has 0 unspecified atom stereocenters. The Hall–Kier alpha value is -2.46. The van der Waals surface area contributed by atoms with Crippen LogP contribution in [-0.4, -0.2) is 6.61 Å². The molecule has 0 saturated heterocycles. The lowest BCUT2D eigenvalue weighted by Crippen LogP contribution is -1.92. The highest BCUT2D eigenvalue weighted by Crippen LogP contribution is 2.26. The van der Waals surface area contributed by atoms with Crippen LogP contribution in [0.25, 0.3) is 21.5 Å². The van der Waals surface area contributed by atoms with Gasteiger partial charge in [-0.05, 0) is 45.8 Å². The summed E-state index contributed by atoms with van der Waals surface area (Å²) in [6.07, 6.45) is 5.19. The highest BCUT2D eigenvalue weighted by Gasteiger charge is 1.99. The molecule has 0 aliphatic carbocycles. The molecule has 0 fully saturated rings. The molecule has 0 atom stereocenters. The molecule has 0 radical (unpaired) electrons. The Morgan fingerprint density at radius 1 is 0.833 bits per heavy atom. The van der Waals surface area contributed by atoms with E-state index in [2.05, 4.69) is 42.3 Å². The van der Waals surface area contributed by atoms with Crippen molar-refractivity contribution in [1.82, 2.24) is 0 Å². The maximum atomic E-state index is 5.44. The fraction of sp³-hybridized carbons (Fsp3) is 0.0588. The van der Waals surface area contributed by atoms with Crippen LogP contribution in [-0.2, 0) is 0 Å². The van der Waals surface area contributed by atoms with Gasteiger partial charge in [0.15, 0.2) is 0 Å². The number of benzene rings is 3. The molecule has 0 heterocycles. The van der Waals surface area contributed by atoms with Crippen molar-refractivity contribution >= 4 is 21.5 Å². The van der Waals surface area contributed by atoms with Crippen LogP contribution in [0.5, 0.6) is 5.75 Å². The van der Waals surface area contributed by atoms with E-state index in [1.54, 1.807) is 0 Å². The number of hydrogen-bond donors (Lipinski definition) is 0. The molecule has 0 aromatic heterocycles. The third-order valence-electron chi connectivity index (χ3n) is 3.00. The van der Waals surface area contributed by atoms with E-state index >= 15 is 0 Å².